The Bertz CT molecular complexity index is 769. The van der Waals surface area contributed by atoms with Gasteiger partial charge < -0.3 is 4.90 Å². The Morgan fingerprint density at radius 3 is 2.91 bits per heavy atom. The Kier molecular flexibility index (Phi) is 4.41. The van der Waals surface area contributed by atoms with Gasteiger partial charge in [-0.1, -0.05) is 31.2 Å². The number of nitrogens with zero attached hydrogens (tertiary/aromatic N) is 4. The maximum Gasteiger partial charge on any atom is 0.277 e. The number of amides is 1. The van der Waals surface area contributed by atoms with Crippen molar-refractivity contribution in [3.05, 3.63) is 34.6 Å². The first-order chi connectivity index (χ1) is 11.1. The zero-order chi connectivity index (χ0) is 16.4. The van der Waals surface area contributed by atoms with E-state index >= 15 is 0 Å². The molecule has 1 amide bonds. The van der Waals surface area contributed by atoms with E-state index in [9.17, 15) is 9.59 Å². The first-order valence-corrected chi connectivity index (χ1v) is 8.20. The lowest BCUT2D eigenvalue weighted by atomic mass is 10.0. The molecule has 1 unspecified atom stereocenters. The van der Waals surface area contributed by atoms with Crippen LogP contribution in [0.5, 0.6) is 0 Å². The molecule has 0 radical (unpaired) electrons. The van der Waals surface area contributed by atoms with Crippen molar-refractivity contribution in [1.82, 2.24) is 19.9 Å². The number of aryl methyl sites for hydroxylation is 1. The third-order valence-electron chi connectivity index (χ3n) is 4.56. The van der Waals surface area contributed by atoms with E-state index < -0.39 is 0 Å². The lowest BCUT2D eigenvalue weighted by Crippen LogP contribution is -2.39. The highest BCUT2D eigenvalue weighted by atomic mass is 16.2. The molecule has 2 heterocycles. The van der Waals surface area contributed by atoms with Gasteiger partial charge in [0.05, 0.1) is 11.9 Å². The van der Waals surface area contributed by atoms with Gasteiger partial charge >= 0.3 is 0 Å². The molecule has 1 aromatic heterocycles. The molecule has 2 aromatic rings. The van der Waals surface area contributed by atoms with Crippen molar-refractivity contribution >= 4 is 16.8 Å². The average Bonchev–Trinajstić information content (AvgIpc) is 3.04. The van der Waals surface area contributed by atoms with Gasteiger partial charge in [-0.25, -0.2) is 4.68 Å². The summed E-state index contributed by atoms with van der Waals surface area (Å²) >= 11 is 0. The zero-order valence-corrected chi connectivity index (χ0v) is 13.6. The predicted octanol–water partition coefficient (Wildman–Crippen LogP) is 1.83. The lowest BCUT2D eigenvalue weighted by Gasteiger charge is -2.27. The first kappa shape index (κ1) is 15.6. The third-order valence-corrected chi connectivity index (χ3v) is 4.56. The highest BCUT2D eigenvalue weighted by molar-refractivity contribution is 5.77. The molecular weight excluding hydrogens is 292 g/mol. The van der Waals surface area contributed by atoms with E-state index in [1.54, 1.807) is 18.2 Å². The van der Waals surface area contributed by atoms with E-state index in [4.69, 9.17) is 0 Å². The number of aromatic nitrogens is 3. The summed E-state index contributed by atoms with van der Waals surface area (Å²) in [4.78, 5) is 26.8. The van der Waals surface area contributed by atoms with Crippen LogP contribution < -0.4 is 5.56 Å². The second-order valence-corrected chi connectivity index (χ2v) is 6.43. The largest absolute Gasteiger partial charge is 0.339 e. The van der Waals surface area contributed by atoms with Crippen LogP contribution in [-0.4, -0.2) is 38.4 Å². The van der Waals surface area contributed by atoms with Gasteiger partial charge in [-0.2, -0.15) is 0 Å². The van der Waals surface area contributed by atoms with Gasteiger partial charge in [-0.05, 0) is 30.9 Å². The van der Waals surface area contributed by atoms with Crippen LogP contribution in [-0.2, 0) is 11.3 Å². The second-order valence-electron chi connectivity index (χ2n) is 6.43. The number of hydrogen-bond acceptors (Lipinski definition) is 4. The Morgan fingerprint density at radius 1 is 1.35 bits per heavy atom. The minimum Gasteiger partial charge on any atom is -0.339 e. The van der Waals surface area contributed by atoms with E-state index in [0.29, 0.717) is 22.9 Å². The van der Waals surface area contributed by atoms with E-state index in [1.165, 1.54) is 4.68 Å². The van der Waals surface area contributed by atoms with Crippen molar-refractivity contribution < 1.29 is 4.79 Å². The number of benzene rings is 1. The van der Waals surface area contributed by atoms with Crippen LogP contribution in [0.2, 0.25) is 0 Å². The molecule has 1 saturated heterocycles. The zero-order valence-electron chi connectivity index (χ0n) is 13.6. The molecule has 6 heteroatoms. The molecule has 0 aliphatic carbocycles. The minimum absolute atomic E-state index is 0.100. The molecule has 0 spiro atoms. The number of carbonyl (C=O) groups is 1. The molecular formula is C17H22N4O2. The van der Waals surface area contributed by atoms with Crippen molar-refractivity contribution in [3.8, 4) is 0 Å². The van der Waals surface area contributed by atoms with Gasteiger partial charge in [-0.15, -0.1) is 5.10 Å². The summed E-state index contributed by atoms with van der Waals surface area (Å²) in [6, 6.07) is 7.44. The minimum atomic E-state index is -0.190. The first-order valence-electron chi connectivity index (χ1n) is 8.20. The van der Waals surface area contributed by atoms with Crippen molar-refractivity contribution in [2.24, 2.45) is 5.92 Å². The van der Waals surface area contributed by atoms with Gasteiger partial charge in [0.2, 0.25) is 5.91 Å². The van der Waals surface area contributed by atoms with E-state index in [-0.39, 0.29) is 24.4 Å². The van der Waals surface area contributed by atoms with Crippen molar-refractivity contribution in [2.75, 3.05) is 6.54 Å². The van der Waals surface area contributed by atoms with Crippen LogP contribution in [0.1, 0.15) is 33.1 Å². The molecule has 1 aromatic carbocycles. The average molecular weight is 314 g/mol. The number of likely N-dealkylation sites (tertiary alicyclic amines) is 1. The number of rotatable bonds is 4. The fraction of sp³-hybridized carbons (Fsp3) is 0.529. The summed E-state index contributed by atoms with van der Waals surface area (Å²) in [5.41, 5.74) is 0.393. The molecule has 1 aliphatic heterocycles. The van der Waals surface area contributed by atoms with E-state index in [1.807, 2.05) is 11.0 Å². The van der Waals surface area contributed by atoms with Crippen LogP contribution in [0.25, 0.3) is 10.9 Å². The van der Waals surface area contributed by atoms with Crippen molar-refractivity contribution in [1.29, 1.82) is 0 Å². The van der Waals surface area contributed by atoms with Gasteiger partial charge in [0.15, 0.2) is 0 Å². The van der Waals surface area contributed by atoms with Crippen LogP contribution in [0.3, 0.4) is 0 Å². The Morgan fingerprint density at radius 2 is 2.13 bits per heavy atom. The predicted molar refractivity (Wildman–Crippen MR) is 88.0 cm³/mol. The van der Waals surface area contributed by atoms with E-state index in [2.05, 4.69) is 24.2 Å². The second kappa shape index (κ2) is 6.48. The Balaban J connectivity index is 1.72. The molecule has 0 saturated carbocycles. The fourth-order valence-electron chi connectivity index (χ4n) is 3.31. The highest BCUT2D eigenvalue weighted by Gasteiger charge is 2.30. The summed E-state index contributed by atoms with van der Waals surface area (Å²) in [6.07, 6.45) is 2.42. The maximum atomic E-state index is 12.5. The standard InChI is InChI=1S/C17H22N4O2/c1-12(2)15-8-5-10-20(15)16(22)9-11-21-17(23)13-6-3-4-7-14(13)18-19-21/h3-4,6-7,12,15H,5,8-11H2,1-2H3. The van der Waals surface area contributed by atoms with Gasteiger partial charge in [0.25, 0.3) is 5.56 Å². The molecule has 1 fully saturated rings. The summed E-state index contributed by atoms with van der Waals surface area (Å²) in [5.74, 6) is 0.563. The molecule has 23 heavy (non-hydrogen) atoms. The van der Waals surface area contributed by atoms with Gasteiger partial charge in [-0.3, -0.25) is 9.59 Å². The summed E-state index contributed by atoms with van der Waals surface area (Å²) in [7, 11) is 0. The molecule has 3 rings (SSSR count). The topological polar surface area (TPSA) is 68.1 Å². The van der Waals surface area contributed by atoms with Crippen molar-refractivity contribution in [2.45, 2.75) is 45.7 Å². The van der Waals surface area contributed by atoms with Crippen molar-refractivity contribution in [3.63, 3.8) is 0 Å². The Hall–Kier alpha value is -2.24. The summed E-state index contributed by atoms with van der Waals surface area (Å²) < 4.78 is 1.29. The molecule has 0 N–H and O–H groups in total. The molecule has 0 bridgehead atoms. The highest BCUT2D eigenvalue weighted by Crippen LogP contribution is 2.24. The normalized spacial score (nSPS) is 18.0. The van der Waals surface area contributed by atoms with Crippen LogP contribution >= 0.6 is 0 Å². The summed E-state index contributed by atoms with van der Waals surface area (Å²) in [5, 5.41) is 8.53. The number of carbonyl (C=O) groups excluding carboxylic acids is 1. The van der Waals surface area contributed by atoms with E-state index in [0.717, 1.165) is 19.4 Å². The van der Waals surface area contributed by atoms with Crippen LogP contribution in [0.4, 0.5) is 0 Å². The molecule has 1 atom stereocenters. The quantitative estimate of drug-likeness (QED) is 0.863. The molecule has 122 valence electrons. The SMILES string of the molecule is CC(C)C1CCCN1C(=O)CCn1nnc2ccccc2c1=O. The Labute approximate surface area is 135 Å². The summed E-state index contributed by atoms with van der Waals surface area (Å²) in [6.45, 7) is 5.39. The smallest absolute Gasteiger partial charge is 0.277 e. The monoisotopic (exact) mass is 314 g/mol. The third kappa shape index (κ3) is 3.11. The van der Waals surface area contributed by atoms with Crippen LogP contribution in [0, 0.1) is 5.92 Å². The number of hydrogen-bond donors (Lipinski definition) is 0. The van der Waals surface area contributed by atoms with Gasteiger partial charge in [0, 0.05) is 19.0 Å². The fourth-order valence-corrected chi connectivity index (χ4v) is 3.31. The van der Waals surface area contributed by atoms with Gasteiger partial charge in [0.1, 0.15) is 5.52 Å². The molecule has 6 nitrogen and oxygen atoms in total. The van der Waals surface area contributed by atoms with Crippen LogP contribution in [0.15, 0.2) is 29.1 Å². The lowest BCUT2D eigenvalue weighted by molar-refractivity contribution is -0.133. The molecule has 1 aliphatic rings. The number of fused-ring (bicyclic) bond motifs is 1. The maximum absolute atomic E-state index is 12.5.